The fourth-order valence-corrected chi connectivity index (χ4v) is 1.65. The predicted octanol–water partition coefficient (Wildman–Crippen LogP) is 1.97. The Bertz CT molecular complexity index is 234. The van der Waals surface area contributed by atoms with E-state index < -0.39 is 17.9 Å². The molecule has 1 heterocycles. The van der Waals surface area contributed by atoms with Crippen LogP contribution in [0.2, 0.25) is 0 Å². The van der Waals surface area contributed by atoms with E-state index in [1.807, 2.05) is 20.8 Å². The van der Waals surface area contributed by atoms with E-state index in [0.717, 1.165) is 6.42 Å². The van der Waals surface area contributed by atoms with Crippen molar-refractivity contribution in [1.29, 1.82) is 0 Å². The number of hydrogen-bond donors (Lipinski definition) is 1. The highest BCUT2D eigenvalue weighted by molar-refractivity contribution is 5.68. The zero-order chi connectivity index (χ0) is 11.6. The summed E-state index contributed by atoms with van der Waals surface area (Å²) in [6.07, 6.45) is 0.459. The lowest BCUT2D eigenvalue weighted by molar-refractivity contribution is -0.0546. The molecule has 0 aliphatic carbocycles. The van der Waals surface area contributed by atoms with Crippen molar-refractivity contribution in [2.45, 2.75) is 52.4 Å². The minimum atomic E-state index is -0.691. The van der Waals surface area contributed by atoms with E-state index in [1.165, 1.54) is 4.90 Å². The topological polar surface area (TPSA) is 49.8 Å². The normalized spacial score (nSPS) is 27.7. The van der Waals surface area contributed by atoms with E-state index in [1.54, 1.807) is 0 Å². The van der Waals surface area contributed by atoms with Crippen molar-refractivity contribution in [3.05, 3.63) is 0 Å². The van der Waals surface area contributed by atoms with Crippen molar-refractivity contribution in [1.82, 2.24) is 4.90 Å². The average molecular weight is 215 g/mol. The third-order valence-corrected chi connectivity index (χ3v) is 2.46. The SMILES string of the molecule is CC1CCN(C(=O)OC(C)(C)C)C(O)C1. The summed E-state index contributed by atoms with van der Waals surface area (Å²) in [5.41, 5.74) is -0.500. The van der Waals surface area contributed by atoms with Crippen LogP contribution in [0, 0.1) is 5.92 Å². The summed E-state index contributed by atoms with van der Waals surface area (Å²) in [4.78, 5) is 13.1. The largest absolute Gasteiger partial charge is 0.444 e. The second-order valence-electron chi connectivity index (χ2n) is 5.28. The first-order chi connectivity index (χ1) is 6.79. The molecule has 0 radical (unpaired) electrons. The molecule has 1 rings (SSSR count). The zero-order valence-corrected chi connectivity index (χ0v) is 9.99. The summed E-state index contributed by atoms with van der Waals surface area (Å²) in [5.74, 6) is 0.471. The fourth-order valence-electron chi connectivity index (χ4n) is 1.65. The lowest BCUT2D eigenvalue weighted by atomic mass is 9.98. The second-order valence-corrected chi connectivity index (χ2v) is 5.28. The van der Waals surface area contributed by atoms with E-state index >= 15 is 0 Å². The molecule has 0 spiro atoms. The Hall–Kier alpha value is -0.770. The third kappa shape index (κ3) is 3.70. The summed E-state index contributed by atoms with van der Waals surface area (Å²) in [6.45, 7) is 8.13. The van der Waals surface area contributed by atoms with Crippen LogP contribution in [0.15, 0.2) is 0 Å². The molecule has 15 heavy (non-hydrogen) atoms. The number of rotatable bonds is 0. The summed E-state index contributed by atoms with van der Waals surface area (Å²) >= 11 is 0. The van der Waals surface area contributed by atoms with Crippen LogP contribution in [0.25, 0.3) is 0 Å². The van der Waals surface area contributed by atoms with Crippen molar-refractivity contribution in [2.24, 2.45) is 5.92 Å². The highest BCUT2D eigenvalue weighted by Crippen LogP contribution is 2.22. The van der Waals surface area contributed by atoms with E-state index in [0.29, 0.717) is 18.9 Å². The van der Waals surface area contributed by atoms with Gasteiger partial charge < -0.3 is 9.84 Å². The lowest BCUT2D eigenvalue weighted by Crippen LogP contribution is -2.47. The Morgan fingerprint density at radius 2 is 2.07 bits per heavy atom. The molecule has 0 bridgehead atoms. The highest BCUT2D eigenvalue weighted by atomic mass is 16.6. The number of piperidine rings is 1. The van der Waals surface area contributed by atoms with E-state index in [9.17, 15) is 9.90 Å². The van der Waals surface area contributed by atoms with Gasteiger partial charge >= 0.3 is 6.09 Å². The predicted molar refractivity (Wildman–Crippen MR) is 57.3 cm³/mol. The van der Waals surface area contributed by atoms with E-state index in [4.69, 9.17) is 4.74 Å². The average Bonchev–Trinajstić information content (AvgIpc) is 1.99. The van der Waals surface area contributed by atoms with Crippen molar-refractivity contribution in [2.75, 3.05) is 6.54 Å². The first kappa shape index (κ1) is 12.3. The van der Waals surface area contributed by atoms with Crippen LogP contribution >= 0.6 is 0 Å². The maximum Gasteiger partial charge on any atom is 0.412 e. The van der Waals surface area contributed by atoms with Gasteiger partial charge in [0.25, 0.3) is 0 Å². The summed E-state index contributed by atoms with van der Waals surface area (Å²) in [6, 6.07) is 0. The van der Waals surface area contributed by atoms with Gasteiger partial charge in [-0.05, 0) is 39.5 Å². The van der Waals surface area contributed by atoms with Crippen molar-refractivity contribution in [3.63, 3.8) is 0 Å². The Balaban J connectivity index is 2.53. The molecule has 2 atom stereocenters. The third-order valence-electron chi connectivity index (χ3n) is 2.46. The molecule has 0 aromatic carbocycles. The summed E-state index contributed by atoms with van der Waals surface area (Å²) in [5, 5.41) is 9.73. The number of hydrogen-bond acceptors (Lipinski definition) is 3. The molecular weight excluding hydrogens is 194 g/mol. The van der Waals surface area contributed by atoms with E-state index in [-0.39, 0.29) is 0 Å². The number of likely N-dealkylation sites (tertiary alicyclic amines) is 1. The van der Waals surface area contributed by atoms with Crippen LogP contribution in [0.4, 0.5) is 4.79 Å². The smallest absolute Gasteiger partial charge is 0.412 e. The molecule has 0 saturated carbocycles. The molecule has 4 nitrogen and oxygen atoms in total. The van der Waals surface area contributed by atoms with Gasteiger partial charge in [0.05, 0.1) is 0 Å². The van der Waals surface area contributed by atoms with Gasteiger partial charge in [0.2, 0.25) is 0 Å². The molecule has 2 unspecified atom stereocenters. The molecule has 1 saturated heterocycles. The van der Waals surface area contributed by atoms with Gasteiger partial charge in [0.1, 0.15) is 11.8 Å². The number of carbonyl (C=O) groups excluding carboxylic acids is 1. The van der Waals surface area contributed by atoms with Gasteiger partial charge in [-0.2, -0.15) is 0 Å². The lowest BCUT2D eigenvalue weighted by Gasteiger charge is -2.36. The minimum Gasteiger partial charge on any atom is -0.444 e. The van der Waals surface area contributed by atoms with Gasteiger partial charge in [0.15, 0.2) is 0 Å². The Morgan fingerprint density at radius 1 is 1.47 bits per heavy atom. The monoisotopic (exact) mass is 215 g/mol. The van der Waals surface area contributed by atoms with Crippen LogP contribution in [-0.4, -0.2) is 34.5 Å². The number of nitrogens with zero attached hydrogens (tertiary/aromatic N) is 1. The maximum absolute atomic E-state index is 11.7. The Morgan fingerprint density at radius 3 is 2.53 bits per heavy atom. The van der Waals surface area contributed by atoms with Crippen LogP contribution in [0.1, 0.15) is 40.5 Å². The van der Waals surface area contributed by atoms with Gasteiger partial charge in [-0.3, -0.25) is 4.90 Å². The van der Waals surface area contributed by atoms with Gasteiger partial charge in [0, 0.05) is 6.54 Å². The number of ether oxygens (including phenoxy) is 1. The molecule has 1 aliphatic rings. The molecule has 4 heteroatoms. The first-order valence-corrected chi connectivity index (χ1v) is 5.47. The number of amides is 1. The van der Waals surface area contributed by atoms with Crippen molar-refractivity contribution in [3.8, 4) is 0 Å². The molecule has 1 fully saturated rings. The number of carbonyl (C=O) groups is 1. The van der Waals surface area contributed by atoms with Gasteiger partial charge in [-0.1, -0.05) is 6.92 Å². The van der Waals surface area contributed by atoms with Crippen LogP contribution in [-0.2, 0) is 4.74 Å². The molecule has 88 valence electrons. The standard InChI is InChI=1S/C11H21NO3/c1-8-5-6-12(9(13)7-8)10(14)15-11(2,3)4/h8-9,13H,5-7H2,1-4H3. The highest BCUT2D eigenvalue weighted by Gasteiger charge is 2.31. The molecule has 1 amide bonds. The number of aliphatic hydroxyl groups is 1. The zero-order valence-electron chi connectivity index (χ0n) is 9.99. The minimum absolute atomic E-state index is 0.415. The summed E-state index contributed by atoms with van der Waals surface area (Å²) < 4.78 is 5.21. The van der Waals surface area contributed by atoms with Crippen LogP contribution in [0.3, 0.4) is 0 Å². The van der Waals surface area contributed by atoms with Crippen molar-refractivity contribution >= 4 is 6.09 Å². The van der Waals surface area contributed by atoms with Crippen LogP contribution < -0.4 is 0 Å². The van der Waals surface area contributed by atoms with E-state index in [2.05, 4.69) is 6.92 Å². The second kappa shape index (κ2) is 4.39. The first-order valence-electron chi connectivity index (χ1n) is 5.47. The summed E-state index contributed by atoms with van der Waals surface area (Å²) in [7, 11) is 0. The van der Waals surface area contributed by atoms with Crippen LogP contribution in [0.5, 0.6) is 0 Å². The molecule has 0 aromatic rings. The Kier molecular flexibility index (Phi) is 3.60. The fraction of sp³-hybridized carbons (Fsp3) is 0.909. The van der Waals surface area contributed by atoms with Gasteiger partial charge in [-0.25, -0.2) is 4.79 Å². The quantitative estimate of drug-likeness (QED) is 0.672. The van der Waals surface area contributed by atoms with Gasteiger partial charge in [-0.15, -0.1) is 0 Å². The maximum atomic E-state index is 11.7. The molecular formula is C11H21NO3. The molecule has 0 aromatic heterocycles. The Labute approximate surface area is 91.2 Å². The molecule has 1 aliphatic heterocycles. The number of aliphatic hydroxyl groups excluding tert-OH is 1. The van der Waals surface area contributed by atoms with Crippen molar-refractivity contribution < 1.29 is 14.6 Å². The molecule has 1 N–H and O–H groups in total.